The molecular formula is C15H29NO2. The van der Waals surface area contributed by atoms with Crippen molar-refractivity contribution >= 4 is 5.97 Å². The van der Waals surface area contributed by atoms with Crippen molar-refractivity contribution in [2.24, 2.45) is 5.92 Å². The minimum Gasteiger partial charge on any atom is -0.480 e. The van der Waals surface area contributed by atoms with Gasteiger partial charge in [0.05, 0.1) is 0 Å². The Balaban J connectivity index is 2.74. The molecule has 1 fully saturated rings. The van der Waals surface area contributed by atoms with Crippen LogP contribution in [0.5, 0.6) is 0 Å². The maximum absolute atomic E-state index is 11.5. The molecule has 3 heteroatoms. The number of rotatable bonds is 6. The van der Waals surface area contributed by atoms with Crippen LogP contribution in [0.3, 0.4) is 0 Å². The van der Waals surface area contributed by atoms with Crippen LogP contribution in [0.1, 0.15) is 65.7 Å². The molecule has 0 saturated carbocycles. The van der Waals surface area contributed by atoms with Gasteiger partial charge in [-0.2, -0.15) is 0 Å². The van der Waals surface area contributed by atoms with E-state index in [-0.39, 0.29) is 6.04 Å². The van der Waals surface area contributed by atoms with Crippen LogP contribution in [-0.4, -0.2) is 34.6 Å². The maximum atomic E-state index is 11.5. The first kappa shape index (κ1) is 15.5. The number of carbonyl (C=O) groups is 1. The summed E-state index contributed by atoms with van der Waals surface area (Å²) in [6, 6.07) is 0.195. The second kappa shape index (κ2) is 7.78. The topological polar surface area (TPSA) is 40.5 Å². The predicted octanol–water partition coefficient (Wildman–Crippen LogP) is 3.53. The number of aliphatic carboxylic acids is 1. The summed E-state index contributed by atoms with van der Waals surface area (Å²) in [7, 11) is 0. The normalized spacial score (nSPS) is 25.4. The average molecular weight is 255 g/mol. The van der Waals surface area contributed by atoms with Crippen molar-refractivity contribution in [2.75, 3.05) is 6.54 Å². The molecular weight excluding hydrogens is 226 g/mol. The van der Waals surface area contributed by atoms with Gasteiger partial charge in [-0.3, -0.25) is 9.69 Å². The summed E-state index contributed by atoms with van der Waals surface area (Å²) >= 11 is 0. The van der Waals surface area contributed by atoms with Crippen LogP contribution in [0.4, 0.5) is 0 Å². The Bertz CT molecular complexity index is 255. The molecule has 0 amide bonds. The molecule has 1 saturated heterocycles. The third kappa shape index (κ3) is 4.27. The van der Waals surface area contributed by atoms with E-state index in [1.807, 2.05) is 0 Å². The molecule has 3 unspecified atom stereocenters. The fourth-order valence-electron chi connectivity index (χ4n) is 3.00. The molecule has 1 aliphatic heterocycles. The van der Waals surface area contributed by atoms with Crippen LogP contribution in [0.15, 0.2) is 0 Å². The van der Waals surface area contributed by atoms with Crippen molar-refractivity contribution < 1.29 is 9.90 Å². The van der Waals surface area contributed by atoms with E-state index in [9.17, 15) is 9.90 Å². The van der Waals surface area contributed by atoms with Crippen LogP contribution in [-0.2, 0) is 4.79 Å². The van der Waals surface area contributed by atoms with Crippen molar-refractivity contribution in [3.05, 3.63) is 0 Å². The largest absolute Gasteiger partial charge is 0.480 e. The van der Waals surface area contributed by atoms with Gasteiger partial charge in [0.25, 0.3) is 0 Å². The Morgan fingerprint density at radius 3 is 2.56 bits per heavy atom. The second-order valence-electron chi connectivity index (χ2n) is 5.75. The van der Waals surface area contributed by atoms with Crippen LogP contribution >= 0.6 is 0 Å². The van der Waals surface area contributed by atoms with Gasteiger partial charge < -0.3 is 5.11 Å². The molecule has 3 nitrogen and oxygen atoms in total. The Hall–Kier alpha value is -0.570. The van der Waals surface area contributed by atoms with Gasteiger partial charge >= 0.3 is 5.97 Å². The minimum absolute atomic E-state index is 0.249. The van der Waals surface area contributed by atoms with Gasteiger partial charge in [-0.1, -0.05) is 40.0 Å². The SMILES string of the molecule is CCC(C)CC(CC)N1CCCCCC1C(=O)O. The van der Waals surface area contributed by atoms with Crippen LogP contribution in [0.2, 0.25) is 0 Å². The number of hydrogen-bond acceptors (Lipinski definition) is 2. The molecule has 0 aromatic heterocycles. The van der Waals surface area contributed by atoms with Crippen molar-refractivity contribution in [3.8, 4) is 0 Å². The highest BCUT2D eigenvalue weighted by Crippen LogP contribution is 2.25. The summed E-state index contributed by atoms with van der Waals surface area (Å²) in [6.07, 6.45) is 7.60. The highest BCUT2D eigenvalue weighted by Gasteiger charge is 2.31. The summed E-state index contributed by atoms with van der Waals surface area (Å²) in [5, 5.41) is 9.43. The lowest BCUT2D eigenvalue weighted by Gasteiger charge is -2.35. The quantitative estimate of drug-likeness (QED) is 0.789. The van der Waals surface area contributed by atoms with E-state index in [2.05, 4.69) is 25.7 Å². The predicted molar refractivity (Wildman–Crippen MR) is 74.7 cm³/mol. The fraction of sp³-hybridized carbons (Fsp3) is 0.933. The Labute approximate surface area is 112 Å². The lowest BCUT2D eigenvalue weighted by molar-refractivity contribution is -0.144. The monoisotopic (exact) mass is 255 g/mol. The second-order valence-corrected chi connectivity index (χ2v) is 5.75. The molecule has 1 heterocycles. The Morgan fingerprint density at radius 1 is 1.28 bits per heavy atom. The zero-order valence-electron chi connectivity index (χ0n) is 12.2. The number of carboxylic acid groups (broad SMARTS) is 1. The lowest BCUT2D eigenvalue weighted by atomic mass is 9.95. The van der Waals surface area contributed by atoms with E-state index in [1.165, 1.54) is 12.8 Å². The minimum atomic E-state index is -0.625. The first-order chi connectivity index (χ1) is 8.60. The molecule has 0 radical (unpaired) electrons. The highest BCUT2D eigenvalue weighted by molar-refractivity contribution is 5.73. The van der Waals surface area contributed by atoms with Gasteiger partial charge in [-0.15, -0.1) is 0 Å². The van der Waals surface area contributed by atoms with Crippen molar-refractivity contribution in [2.45, 2.75) is 77.8 Å². The van der Waals surface area contributed by atoms with Gasteiger partial charge in [0, 0.05) is 6.04 Å². The van der Waals surface area contributed by atoms with Crippen molar-refractivity contribution in [1.29, 1.82) is 0 Å². The number of carboxylic acids is 1. The van der Waals surface area contributed by atoms with Gasteiger partial charge in [0.1, 0.15) is 6.04 Å². The third-order valence-electron chi connectivity index (χ3n) is 4.39. The van der Waals surface area contributed by atoms with E-state index in [1.54, 1.807) is 0 Å². The molecule has 1 rings (SSSR count). The molecule has 0 aliphatic carbocycles. The summed E-state index contributed by atoms with van der Waals surface area (Å²) < 4.78 is 0. The molecule has 0 spiro atoms. The smallest absolute Gasteiger partial charge is 0.320 e. The summed E-state index contributed by atoms with van der Waals surface area (Å²) in [6.45, 7) is 7.65. The molecule has 0 bridgehead atoms. The van der Waals surface area contributed by atoms with Gasteiger partial charge in [-0.05, 0) is 38.1 Å². The molecule has 18 heavy (non-hydrogen) atoms. The zero-order chi connectivity index (χ0) is 13.5. The lowest BCUT2D eigenvalue weighted by Crippen LogP contribution is -2.47. The van der Waals surface area contributed by atoms with E-state index in [4.69, 9.17) is 0 Å². The van der Waals surface area contributed by atoms with Crippen molar-refractivity contribution in [1.82, 2.24) is 4.90 Å². The van der Waals surface area contributed by atoms with E-state index in [0.29, 0.717) is 12.0 Å². The number of nitrogens with zero attached hydrogens (tertiary/aromatic N) is 1. The Kier molecular flexibility index (Phi) is 6.69. The van der Waals surface area contributed by atoms with Gasteiger partial charge in [-0.25, -0.2) is 0 Å². The maximum Gasteiger partial charge on any atom is 0.320 e. The summed E-state index contributed by atoms with van der Waals surface area (Å²) in [5.41, 5.74) is 0. The summed E-state index contributed by atoms with van der Waals surface area (Å²) in [5.74, 6) is 0.0622. The van der Waals surface area contributed by atoms with Crippen LogP contribution in [0.25, 0.3) is 0 Å². The molecule has 0 aromatic rings. The zero-order valence-corrected chi connectivity index (χ0v) is 12.2. The molecule has 3 atom stereocenters. The standard InChI is InChI=1S/C15H29NO2/c1-4-12(3)11-13(5-2)16-10-8-6-7-9-14(16)15(17)18/h12-14H,4-11H2,1-3H3,(H,17,18). The van der Waals surface area contributed by atoms with Crippen molar-refractivity contribution in [3.63, 3.8) is 0 Å². The van der Waals surface area contributed by atoms with E-state index >= 15 is 0 Å². The fourth-order valence-corrected chi connectivity index (χ4v) is 3.00. The van der Waals surface area contributed by atoms with Crippen LogP contribution in [0, 0.1) is 5.92 Å². The molecule has 1 N–H and O–H groups in total. The Morgan fingerprint density at radius 2 is 2.00 bits per heavy atom. The first-order valence-corrected chi connectivity index (χ1v) is 7.58. The molecule has 1 aliphatic rings. The van der Waals surface area contributed by atoms with Gasteiger partial charge in [0.15, 0.2) is 0 Å². The first-order valence-electron chi connectivity index (χ1n) is 7.58. The van der Waals surface area contributed by atoms with Crippen LogP contribution < -0.4 is 0 Å². The molecule has 0 aromatic carbocycles. The van der Waals surface area contributed by atoms with E-state index < -0.39 is 5.97 Å². The molecule has 106 valence electrons. The number of hydrogen-bond donors (Lipinski definition) is 1. The summed E-state index contributed by atoms with van der Waals surface area (Å²) in [4.78, 5) is 13.7. The third-order valence-corrected chi connectivity index (χ3v) is 4.39. The number of likely N-dealkylation sites (tertiary alicyclic amines) is 1. The average Bonchev–Trinajstić information content (AvgIpc) is 2.61. The van der Waals surface area contributed by atoms with Gasteiger partial charge in [0.2, 0.25) is 0 Å². The van der Waals surface area contributed by atoms with E-state index in [0.717, 1.165) is 38.6 Å². The highest BCUT2D eigenvalue weighted by atomic mass is 16.4.